The first-order valence-corrected chi connectivity index (χ1v) is 5.70. The van der Waals surface area contributed by atoms with E-state index in [9.17, 15) is 20.2 Å². The van der Waals surface area contributed by atoms with E-state index in [2.05, 4.69) is 9.97 Å². The molecule has 9 heteroatoms. The van der Waals surface area contributed by atoms with Crippen LogP contribution in [0.4, 0.5) is 11.4 Å². The summed E-state index contributed by atoms with van der Waals surface area (Å²) in [5.41, 5.74) is 0.0426. The standard InChI is InChI=1S/C12H6N4O5/c17-15(18)8-4-7(5-9(6-8)16(19)20)12-14-11-10(21-12)2-1-3-13-11/h1-6H. The molecule has 0 aliphatic heterocycles. The number of nitro groups is 2. The van der Waals surface area contributed by atoms with Crippen molar-refractivity contribution in [3.05, 3.63) is 56.8 Å². The summed E-state index contributed by atoms with van der Waals surface area (Å²) in [6.07, 6.45) is 1.52. The van der Waals surface area contributed by atoms with Crippen LogP contribution in [-0.4, -0.2) is 19.8 Å². The molecule has 2 heterocycles. The van der Waals surface area contributed by atoms with Gasteiger partial charge in [0.2, 0.25) is 5.89 Å². The molecule has 0 radical (unpaired) electrons. The van der Waals surface area contributed by atoms with Crippen molar-refractivity contribution in [2.45, 2.75) is 0 Å². The molecule has 0 atom stereocenters. The SMILES string of the molecule is O=[N+]([O-])c1cc(-c2nc3ncccc3o2)cc([N+](=O)[O-])c1. The van der Waals surface area contributed by atoms with Crippen molar-refractivity contribution in [3.8, 4) is 11.5 Å². The average molecular weight is 286 g/mol. The van der Waals surface area contributed by atoms with Gasteiger partial charge in [0.1, 0.15) is 0 Å². The zero-order valence-corrected chi connectivity index (χ0v) is 10.3. The number of hydrogen-bond acceptors (Lipinski definition) is 7. The first kappa shape index (κ1) is 12.7. The molecule has 0 aliphatic carbocycles. The van der Waals surface area contributed by atoms with Crippen LogP contribution in [0.5, 0.6) is 0 Å². The van der Waals surface area contributed by atoms with E-state index in [-0.39, 0.29) is 11.5 Å². The van der Waals surface area contributed by atoms with Gasteiger partial charge in [-0.25, -0.2) is 4.98 Å². The van der Waals surface area contributed by atoms with Gasteiger partial charge < -0.3 is 4.42 Å². The van der Waals surface area contributed by atoms with Gasteiger partial charge in [0.25, 0.3) is 11.4 Å². The summed E-state index contributed by atoms with van der Waals surface area (Å²) in [4.78, 5) is 28.3. The Morgan fingerprint density at radius 3 is 2.29 bits per heavy atom. The van der Waals surface area contributed by atoms with Crippen LogP contribution >= 0.6 is 0 Å². The first-order chi connectivity index (χ1) is 10.0. The molecule has 9 nitrogen and oxygen atoms in total. The van der Waals surface area contributed by atoms with E-state index in [0.29, 0.717) is 11.2 Å². The van der Waals surface area contributed by atoms with E-state index in [1.54, 1.807) is 12.1 Å². The minimum absolute atomic E-state index is 0.0375. The Hall–Kier alpha value is -3.36. The molecule has 0 unspecified atom stereocenters. The number of fused-ring (bicyclic) bond motifs is 1. The number of non-ortho nitro benzene ring substituents is 2. The number of pyridine rings is 1. The van der Waals surface area contributed by atoms with Gasteiger partial charge >= 0.3 is 0 Å². The number of aromatic nitrogens is 2. The Kier molecular flexibility index (Phi) is 2.79. The lowest BCUT2D eigenvalue weighted by Crippen LogP contribution is -1.94. The van der Waals surface area contributed by atoms with Crippen molar-refractivity contribution in [2.24, 2.45) is 0 Å². The highest BCUT2D eigenvalue weighted by atomic mass is 16.6. The maximum Gasteiger partial charge on any atom is 0.277 e. The second-order valence-electron chi connectivity index (χ2n) is 4.10. The van der Waals surface area contributed by atoms with Crippen molar-refractivity contribution in [2.75, 3.05) is 0 Å². The highest BCUT2D eigenvalue weighted by molar-refractivity contribution is 5.73. The Morgan fingerprint density at radius 1 is 1.05 bits per heavy atom. The predicted molar refractivity (Wildman–Crippen MR) is 70.5 cm³/mol. The highest BCUT2D eigenvalue weighted by Gasteiger charge is 2.20. The summed E-state index contributed by atoms with van der Waals surface area (Å²) in [6, 6.07) is 6.48. The number of nitrogens with zero attached hydrogens (tertiary/aromatic N) is 4. The van der Waals surface area contributed by atoms with Gasteiger partial charge in [-0.05, 0) is 12.1 Å². The maximum absolute atomic E-state index is 10.9. The molecule has 2 aromatic heterocycles. The topological polar surface area (TPSA) is 125 Å². The zero-order chi connectivity index (χ0) is 15.0. The lowest BCUT2D eigenvalue weighted by molar-refractivity contribution is -0.394. The number of benzene rings is 1. The predicted octanol–water partition coefficient (Wildman–Crippen LogP) is 2.71. The van der Waals surface area contributed by atoms with Gasteiger partial charge in [-0.2, -0.15) is 4.98 Å². The quantitative estimate of drug-likeness (QED) is 0.535. The van der Waals surface area contributed by atoms with Crippen LogP contribution in [0.3, 0.4) is 0 Å². The molecule has 0 saturated heterocycles. The van der Waals surface area contributed by atoms with Crippen LogP contribution in [0, 0.1) is 20.2 Å². The van der Waals surface area contributed by atoms with Crippen molar-refractivity contribution in [3.63, 3.8) is 0 Å². The normalized spacial score (nSPS) is 10.7. The lowest BCUT2D eigenvalue weighted by Gasteiger charge is -1.97. The van der Waals surface area contributed by atoms with E-state index in [1.807, 2.05) is 0 Å². The zero-order valence-electron chi connectivity index (χ0n) is 10.3. The van der Waals surface area contributed by atoms with Gasteiger partial charge in [0, 0.05) is 18.3 Å². The van der Waals surface area contributed by atoms with Crippen LogP contribution in [0.2, 0.25) is 0 Å². The molecule has 0 saturated carbocycles. The van der Waals surface area contributed by atoms with Gasteiger partial charge in [0.05, 0.1) is 21.5 Å². The fourth-order valence-corrected chi connectivity index (χ4v) is 1.82. The van der Waals surface area contributed by atoms with Crippen molar-refractivity contribution in [1.29, 1.82) is 0 Å². The molecular formula is C12H6N4O5. The summed E-state index contributed by atoms with van der Waals surface area (Å²) in [5.74, 6) is 0.0375. The maximum atomic E-state index is 10.9. The molecule has 3 rings (SSSR count). The smallest absolute Gasteiger partial charge is 0.277 e. The Bertz CT molecular complexity index is 808. The number of nitro benzene ring substituents is 2. The molecule has 1 aromatic carbocycles. The molecule has 104 valence electrons. The minimum atomic E-state index is -0.711. The van der Waals surface area contributed by atoms with Crippen LogP contribution in [0.1, 0.15) is 0 Å². The monoisotopic (exact) mass is 286 g/mol. The fraction of sp³-hybridized carbons (Fsp3) is 0. The molecule has 0 aliphatic rings. The molecule has 21 heavy (non-hydrogen) atoms. The molecule has 0 spiro atoms. The second-order valence-corrected chi connectivity index (χ2v) is 4.10. The third kappa shape index (κ3) is 2.27. The molecule has 0 fully saturated rings. The number of rotatable bonds is 3. The third-order valence-corrected chi connectivity index (χ3v) is 2.74. The van der Waals surface area contributed by atoms with Gasteiger partial charge in [-0.15, -0.1) is 0 Å². The Morgan fingerprint density at radius 2 is 1.71 bits per heavy atom. The molecule has 0 N–H and O–H groups in total. The van der Waals surface area contributed by atoms with E-state index in [4.69, 9.17) is 4.42 Å². The van der Waals surface area contributed by atoms with E-state index in [0.717, 1.165) is 18.2 Å². The fourth-order valence-electron chi connectivity index (χ4n) is 1.82. The second kappa shape index (κ2) is 4.63. The summed E-state index contributed by atoms with van der Waals surface area (Å²) in [7, 11) is 0. The van der Waals surface area contributed by atoms with Crippen molar-refractivity contribution in [1.82, 2.24) is 9.97 Å². The van der Waals surface area contributed by atoms with Crippen molar-refractivity contribution < 1.29 is 14.3 Å². The van der Waals surface area contributed by atoms with Gasteiger partial charge in [-0.1, -0.05) is 0 Å². The van der Waals surface area contributed by atoms with Crippen LogP contribution in [0.15, 0.2) is 40.9 Å². The van der Waals surface area contributed by atoms with Crippen LogP contribution in [0.25, 0.3) is 22.7 Å². The molecule has 3 aromatic rings. The van der Waals surface area contributed by atoms with E-state index >= 15 is 0 Å². The molecular weight excluding hydrogens is 280 g/mol. The first-order valence-electron chi connectivity index (χ1n) is 5.70. The van der Waals surface area contributed by atoms with Crippen molar-refractivity contribution >= 4 is 22.6 Å². The largest absolute Gasteiger partial charge is 0.434 e. The number of hydrogen-bond donors (Lipinski definition) is 0. The molecule has 0 bridgehead atoms. The van der Waals surface area contributed by atoms with Crippen LogP contribution < -0.4 is 0 Å². The summed E-state index contributed by atoms with van der Waals surface area (Å²) in [6.45, 7) is 0. The van der Waals surface area contributed by atoms with E-state index in [1.165, 1.54) is 6.20 Å². The average Bonchev–Trinajstić information content (AvgIpc) is 2.90. The minimum Gasteiger partial charge on any atom is -0.434 e. The Balaban J connectivity index is 2.20. The summed E-state index contributed by atoms with van der Waals surface area (Å²) >= 11 is 0. The van der Waals surface area contributed by atoms with Gasteiger partial charge in [0.15, 0.2) is 11.2 Å². The summed E-state index contributed by atoms with van der Waals surface area (Å²) in [5, 5.41) is 21.7. The number of oxazole rings is 1. The Labute approximate surface area is 116 Å². The highest BCUT2D eigenvalue weighted by Crippen LogP contribution is 2.30. The third-order valence-electron chi connectivity index (χ3n) is 2.74. The van der Waals surface area contributed by atoms with Gasteiger partial charge in [-0.3, -0.25) is 20.2 Å². The lowest BCUT2D eigenvalue weighted by atomic mass is 10.2. The van der Waals surface area contributed by atoms with Crippen LogP contribution in [-0.2, 0) is 0 Å². The van der Waals surface area contributed by atoms with E-state index < -0.39 is 21.2 Å². The molecule has 0 amide bonds. The summed E-state index contributed by atoms with van der Waals surface area (Å²) < 4.78 is 5.40.